The molecule has 0 bridgehead atoms. The number of hydrogen-bond donors (Lipinski definition) is 3. The van der Waals surface area contributed by atoms with E-state index in [0.717, 1.165) is 0 Å². The molecule has 0 unspecified atom stereocenters. The third-order valence-electron chi connectivity index (χ3n) is 0.985. The van der Waals surface area contributed by atoms with Gasteiger partial charge in [-0.25, -0.2) is 0 Å². The molecule has 0 heterocycles. The third kappa shape index (κ3) is 6.97. The summed E-state index contributed by atoms with van der Waals surface area (Å²) < 4.78 is 4.55. The third-order valence-corrected chi connectivity index (χ3v) is 0.985. The van der Waals surface area contributed by atoms with Crippen molar-refractivity contribution in [3.63, 3.8) is 0 Å². The van der Waals surface area contributed by atoms with Gasteiger partial charge >= 0.3 is 11.9 Å². The highest BCUT2D eigenvalue weighted by molar-refractivity contribution is 5.71. The number of nitrogens with one attached hydrogen (secondary N) is 1. The van der Waals surface area contributed by atoms with E-state index in [0.29, 0.717) is 6.54 Å². The van der Waals surface area contributed by atoms with Gasteiger partial charge in [-0.15, -0.1) is 0 Å². The zero-order valence-corrected chi connectivity index (χ0v) is 6.58. The standard InChI is InChI=1S/C6H12N2O4/c7-3-6(11)12-2-1-8-4-5(9)10/h8H,1-4,7H2,(H,9,10). The van der Waals surface area contributed by atoms with Gasteiger partial charge in [0.25, 0.3) is 0 Å². The van der Waals surface area contributed by atoms with Crippen molar-refractivity contribution in [1.82, 2.24) is 5.32 Å². The van der Waals surface area contributed by atoms with Crippen LogP contribution in [-0.4, -0.2) is 43.3 Å². The summed E-state index contributed by atoms with van der Waals surface area (Å²) in [7, 11) is 0. The Morgan fingerprint density at radius 2 is 2.17 bits per heavy atom. The highest BCUT2D eigenvalue weighted by Crippen LogP contribution is 1.73. The van der Waals surface area contributed by atoms with E-state index in [2.05, 4.69) is 10.1 Å². The van der Waals surface area contributed by atoms with Crippen molar-refractivity contribution in [2.24, 2.45) is 5.73 Å². The number of esters is 1. The van der Waals surface area contributed by atoms with Gasteiger partial charge in [0.15, 0.2) is 0 Å². The molecule has 0 aromatic rings. The Labute approximate surface area is 69.7 Å². The summed E-state index contributed by atoms with van der Waals surface area (Å²) in [6.45, 7) is 0.167. The minimum Gasteiger partial charge on any atom is -0.480 e. The number of carbonyl (C=O) groups is 2. The Bertz CT molecular complexity index is 160. The van der Waals surface area contributed by atoms with E-state index in [9.17, 15) is 9.59 Å². The van der Waals surface area contributed by atoms with Gasteiger partial charge < -0.3 is 20.9 Å². The molecule has 0 amide bonds. The molecule has 0 fully saturated rings. The summed E-state index contributed by atoms with van der Waals surface area (Å²) in [5, 5.41) is 10.7. The Kier molecular flexibility index (Phi) is 5.94. The van der Waals surface area contributed by atoms with Crippen LogP contribution in [0.1, 0.15) is 0 Å². The van der Waals surface area contributed by atoms with E-state index in [4.69, 9.17) is 10.8 Å². The van der Waals surface area contributed by atoms with Crippen LogP contribution in [0, 0.1) is 0 Å². The van der Waals surface area contributed by atoms with Gasteiger partial charge in [0.05, 0.1) is 13.1 Å². The number of carbonyl (C=O) groups excluding carboxylic acids is 1. The lowest BCUT2D eigenvalue weighted by Gasteiger charge is -2.02. The number of nitrogens with two attached hydrogens (primary N) is 1. The maximum absolute atomic E-state index is 10.4. The molecule has 0 aromatic carbocycles. The maximum atomic E-state index is 10.4. The molecule has 0 radical (unpaired) electrons. The number of aliphatic carboxylic acids is 1. The zero-order valence-electron chi connectivity index (χ0n) is 6.58. The predicted molar refractivity (Wildman–Crippen MR) is 40.5 cm³/mol. The SMILES string of the molecule is NCC(=O)OCCNCC(=O)O. The summed E-state index contributed by atoms with van der Waals surface area (Å²) in [4.78, 5) is 20.4. The Morgan fingerprint density at radius 3 is 2.67 bits per heavy atom. The zero-order chi connectivity index (χ0) is 9.40. The van der Waals surface area contributed by atoms with Gasteiger partial charge in [0, 0.05) is 6.54 Å². The molecule has 4 N–H and O–H groups in total. The number of ether oxygens (including phenoxy) is 1. The summed E-state index contributed by atoms with van der Waals surface area (Å²) in [5.74, 6) is -1.44. The van der Waals surface area contributed by atoms with E-state index in [1.54, 1.807) is 0 Å². The first-order valence-corrected chi connectivity index (χ1v) is 3.45. The van der Waals surface area contributed by atoms with Crippen LogP contribution >= 0.6 is 0 Å². The second kappa shape index (κ2) is 6.56. The topological polar surface area (TPSA) is 102 Å². The monoisotopic (exact) mass is 176 g/mol. The fourth-order valence-electron chi connectivity index (χ4n) is 0.491. The molecule has 6 heteroatoms. The molecule has 0 aliphatic heterocycles. The summed E-state index contributed by atoms with van der Waals surface area (Å²) in [6, 6.07) is 0. The average molecular weight is 176 g/mol. The van der Waals surface area contributed by atoms with E-state index >= 15 is 0 Å². The number of carboxylic acid groups (broad SMARTS) is 1. The quantitative estimate of drug-likeness (QED) is 0.325. The van der Waals surface area contributed by atoms with Crippen LogP contribution in [0.5, 0.6) is 0 Å². The second-order valence-electron chi connectivity index (χ2n) is 2.00. The fourth-order valence-corrected chi connectivity index (χ4v) is 0.491. The molecular weight excluding hydrogens is 164 g/mol. The highest BCUT2D eigenvalue weighted by Gasteiger charge is 1.98. The van der Waals surface area contributed by atoms with E-state index in [1.807, 2.05) is 0 Å². The van der Waals surface area contributed by atoms with Crippen LogP contribution in [-0.2, 0) is 14.3 Å². The first kappa shape index (κ1) is 10.9. The maximum Gasteiger partial charge on any atom is 0.319 e. The van der Waals surface area contributed by atoms with Crippen molar-refractivity contribution >= 4 is 11.9 Å². The minimum absolute atomic E-state index is 0.139. The smallest absolute Gasteiger partial charge is 0.319 e. The molecule has 0 saturated heterocycles. The molecular formula is C6H12N2O4. The fraction of sp³-hybridized carbons (Fsp3) is 0.667. The number of hydrogen-bond acceptors (Lipinski definition) is 5. The minimum atomic E-state index is -0.944. The lowest BCUT2D eigenvalue weighted by molar-refractivity contribution is -0.141. The van der Waals surface area contributed by atoms with Crippen LogP contribution in [0.15, 0.2) is 0 Å². The normalized spacial score (nSPS) is 9.42. The van der Waals surface area contributed by atoms with Crippen molar-refractivity contribution in [3.8, 4) is 0 Å². The second-order valence-corrected chi connectivity index (χ2v) is 2.00. The summed E-state index contributed by atoms with van der Waals surface area (Å²) in [5.41, 5.74) is 4.95. The van der Waals surface area contributed by atoms with Gasteiger partial charge in [-0.3, -0.25) is 9.59 Å². The van der Waals surface area contributed by atoms with Crippen LogP contribution in [0.25, 0.3) is 0 Å². The van der Waals surface area contributed by atoms with Crippen LogP contribution < -0.4 is 11.1 Å². The Morgan fingerprint density at radius 1 is 1.50 bits per heavy atom. The molecule has 70 valence electrons. The molecule has 0 saturated carbocycles. The molecule has 0 aliphatic carbocycles. The van der Waals surface area contributed by atoms with Crippen LogP contribution in [0.4, 0.5) is 0 Å². The van der Waals surface area contributed by atoms with Gasteiger partial charge in [-0.2, -0.15) is 0 Å². The molecule has 12 heavy (non-hydrogen) atoms. The Balaban J connectivity index is 3.11. The van der Waals surface area contributed by atoms with Crippen LogP contribution in [0.3, 0.4) is 0 Å². The van der Waals surface area contributed by atoms with E-state index < -0.39 is 11.9 Å². The molecule has 0 atom stereocenters. The summed E-state index contributed by atoms with van der Waals surface area (Å²) >= 11 is 0. The first-order valence-electron chi connectivity index (χ1n) is 3.45. The predicted octanol–water partition coefficient (Wildman–Crippen LogP) is -1.84. The average Bonchev–Trinajstić information content (AvgIpc) is 2.03. The summed E-state index contributed by atoms with van der Waals surface area (Å²) in [6.07, 6.45) is 0. The first-order chi connectivity index (χ1) is 5.66. The van der Waals surface area contributed by atoms with Gasteiger partial charge in [0.1, 0.15) is 6.61 Å². The molecule has 0 rings (SSSR count). The lowest BCUT2D eigenvalue weighted by Crippen LogP contribution is -2.28. The molecule has 0 aromatic heterocycles. The van der Waals surface area contributed by atoms with Crippen molar-refractivity contribution < 1.29 is 19.4 Å². The molecule has 0 spiro atoms. The van der Waals surface area contributed by atoms with Crippen molar-refractivity contribution in [2.45, 2.75) is 0 Å². The number of carboxylic acids is 1. The van der Waals surface area contributed by atoms with E-state index in [1.165, 1.54) is 0 Å². The highest BCUT2D eigenvalue weighted by atomic mass is 16.5. The van der Waals surface area contributed by atoms with Crippen molar-refractivity contribution in [1.29, 1.82) is 0 Å². The molecule has 6 nitrogen and oxygen atoms in total. The van der Waals surface area contributed by atoms with Gasteiger partial charge in [-0.05, 0) is 0 Å². The Hall–Kier alpha value is -1.14. The largest absolute Gasteiger partial charge is 0.480 e. The van der Waals surface area contributed by atoms with Crippen molar-refractivity contribution in [3.05, 3.63) is 0 Å². The number of rotatable bonds is 6. The van der Waals surface area contributed by atoms with Gasteiger partial charge in [-0.1, -0.05) is 0 Å². The van der Waals surface area contributed by atoms with Crippen LogP contribution in [0.2, 0.25) is 0 Å². The van der Waals surface area contributed by atoms with Crippen molar-refractivity contribution in [2.75, 3.05) is 26.2 Å². The lowest BCUT2D eigenvalue weighted by atomic mass is 10.6. The van der Waals surface area contributed by atoms with Gasteiger partial charge in [0.2, 0.25) is 0 Å². The molecule has 0 aliphatic rings. The van der Waals surface area contributed by atoms with E-state index in [-0.39, 0.29) is 19.7 Å².